The Hall–Kier alpha value is -0.710. The zero-order valence-electron chi connectivity index (χ0n) is 6.79. The molecule has 2 nitrogen and oxygen atoms in total. The third-order valence-corrected chi connectivity index (χ3v) is 2.02. The van der Waals surface area contributed by atoms with Crippen molar-refractivity contribution in [3.63, 3.8) is 0 Å². The van der Waals surface area contributed by atoms with E-state index in [1.54, 1.807) is 7.05 Å². The SMILES string of the molecule is C=C1C=C(I)C=CC1=NC=NC. The van der Waals surface area contributed by atoms with E-state index in [2.05, 4.69) is 39.2 Å². The number of halogens is 1. The Morgan fingerprint density at radius 1 is 1.50 bits per heavy atom. The maximum atomic E-state index is 4.11. The molecular weight excluding hydrogens is 263 g/mol. The van der Waals surface area contributed by atoms with Gasteiger partial charge in [-0.2, -0.15) is 0 Å². The first-order chi connectivity index (χ1) is 5.74. The summed E-state index contributed by atoms with van der Waals surface area (Å²) in [6.07, 6.45) is 7.45. The fourth-order valence-corrected chi connectivity index (χ4v) is 1.36. The molecule has 0 spiro atoms. The smallest absolute Gasteiger partial charge is 0.110 e. The van der Waals surface area contributed by atoms with Crippen molar-refractivity contribution in [1.29, 1.82) is 0 Å². The number of allylic oxidation sites excluding steroid dienone is 5. The predicted molar refractivity (Wildman–Crippen MR) is 62.2 cm³/mol. The minimum atomic E-state index is 0.876. The molecule has 0 aliphatic heterocycles. The van der Waals surface area contributed by atoms with Crippen molar-refractivity contribution < 1.29 is 0 Å². The summed E-state index contributed by atoms with van der Waals surface area (Å²) in [5.41, 5.74) is 1.81. The number of aliphatic imine (C=N–C) groups is 2. The average Bonchev–Trinajstić information content (AvgIpc) is 2.03. The molecule has 0 saturated heterocycles. The number of hydrogen-bond acceptors (Lipinski definition) is 1. The fourth-order valence-electron chi connectivity index (χ4n) is 0.800. The molecule has 0 atom stereocenters. The van der Waals surface area contributed by atoms with Crippen molar-refractivity contribution in [3.05, 3.63) is 34.0 Å². The molecular formula is C9H9IN2. The first-order valence-electron chi connectivity index (χ1n) is 3.47. The van der Waals surface area contributed by atoms with Gasteiger partial charge < -0.3 is 0 Å². The Labute approximate surface area is 85.6 Å². The van der Waals surface area contributed by atoms with Gasteiger partial charge in [-0.05, 0) is 46.4 Å². The third-order valence-electron chi connectivity index (χ3n) is 1.35. The number of nitrogens with zero attached hydrogens (tertiary/aromatic N) is 2. The van der Waals surface area contributed by atoms with Crippen LogP contribution >= 0.6 is 22.6 Å². The molecule has 1 rings (SSSR count). The van der Waals surface area contributed by atoms with Gasteiger partial charge in [0.25, 0.3) is 0 Å². The Bertz CT molecular complexity index is 308. The summed E-state index contributed by atoms with van der Waals surface area (Å²) in [5.74, 6) is 0. The van der Waals surface area contributed by atoms with E-state index >= 15 is 0 Å². The minimum absolute atomic E-state index is 0.876. The first kappa shape index (κ1) is 9.38. The van der Waals surface area contributed by atoms with E-state index in [1.165, 1.54) is 9.92 Å². The summed E-state index contributed by atoms with van der Waals surface area (Å²) in [6.45, 7) is 3.87. The zero-order chi connectivity index (χ0) is 8.97. The minimum Gasteiger partial charge on any atom is -0.277 e. The van der Waals surface area contributed by atoms with Crippen molar-refractivity contribution in [2.75, 3.05) is 7.05 Å². The van der Waals surface area contributed by atoms with Gasteiger partial charge in [-0.25, -0.2) is 4.99 Å². The second-order valence-corrected chi connectivity index (χ2v) is 3.52. The van der Waals surface area contributed by atoms with Gasteiger partial charge in [0.2, 0.25) is 0 Å². The van der Waals surface area contributed by atoms with Crippen LogP contribution in [0.4, 0.5) is 0 Å². The topological polar surface area (TPSA) is 24.7 Å². The van der Waals surface area contributed by atoms with Gasteiger partial charge in [-0.3, -0.25) is 4.99 Å². The standard InChI is InChI=1S/C9H9IN2/c1-7-5-8(10)3-4-9(7)12-6-11-2/h3-6H,1H2,2H3. The molecule has 0 aromatic heterocycles. The molecule has 0 aromatic carbocycles. The molecule has 1 aliphatic carbocycles. The lowest BCUT2D eigenvalue weighted by Crippen LogP contribution is -1.99. The third kappa shape index (κ3) is 2.41. The lowest BCUT2D eigenvalue weighted by Gasteiger charge is -2.04. The molecule has 0 N–H and O–H groups in total. The van der Waals surface area contributed by atoms with Crippen molar-refractivity contribution in [1.82, 2.24) is 0 Å². The Morgan fingerprint density at radius 2 is 2.25 bits per heavy atom. The Kier molecular flexibility index (Phi) is 3.40. The molecule has 0 saturated carbocycles. The van der Waals surface area contributed by atoms with Crippen LogP contribution in [0.1, 0.15) is 0 Å². The molecule has 3 heteroatoms. The van der Waals surface area contributed by atoms with Crippen LogP contribution in [-0.2, 0) is 0 Å². The van der Waals surface area contributed by atoms with Gasteiger partial charge in [0.1, 0.15) is 6.34 Å². The molecule has 1 aliphatic rings. The molecule has 0 bridgehead atoms. The van der Waals surface area contributed by atoms with Gasteiger partial charge in [0.15, 0.2) is 0 Å². The van der Waals surface area contributed by atoms with Crippen LogP contribution in [0, 0.1) is 0 Å². The summed E-state index contributed by atoms with van der Waals surface area (Å²) in [6, 6.07) is 0. The summed E-state index contributed by atoms with van der Waals surface area (Å²) in [7, 11) is 1.69. The van der Waals surface area contributed by atoms with Crippen LogP contribution in [0.2, 0.25) is 0 Å². The lowest BCUT2D eigenvalue weighted by atomic mass is 10.1. The molecule has 0 amide bonds. The Balaban J connectivity index is 2.86. The summed E-state index contributed by atoms with van der Waals surface area (Å²) >= 11 is 2.24. The quantitative estimate of drug-likeness (QED) is 0.398. The second-order valence-electron chi connectivity index (χ2n) is 2.28. The lowest BCUT2D eigenvalue weighted by molar-refractivity contribution is 1.44. The van der Waals surface area contributed by atoms with E-state index < -0.39 is 0 Å². The largest absolute Gasteiger partial charge is 0.277 e. The van der Waals surface area contributed by atoms with Crippen LogP contribution in [0.25, 0.3) is 0 Å². The first-order valence-corrected chi connectivity index (χ1v) is 4.55. The fraction of sp³-hybridized carbons (Fsp3) is 0.111. The van der Waals surface area contributed by atoms with Crippen LogP contribution in [0.3, 0.4) is 0 Å². The highest BCUT2D eigenvalue weighted by Gasteiger charge is 2.02. The van der Waals surface area contributed by atoms with Crippen LogP contribution in [-0.4, -0.2) is 19.1 Å². The van der Waals surface area contributed by atoms with Crippen molar-refractivity contribution in [2.45, 2.75) is 0 Å². The molecule has 0 unspecified atom stereocenters. The van der Waals surface area contributed by atoms with E-state index in [9.17, 15) is 0 Å². The zero-order valence-corrected chi connectivity index (χ0v) is 8.95. The van der Waals surface area contributed by atoms with E-state index in [0.717, 1.165) is 11.3 Å². The molecule has 0 heterocycles. The van der Waals surface area contributed by atoms with Gasteiger partial charge in [0, 0.05) is 10.6 Å². The average molecular weight is 272 g/mol. The highest BCUT2D eigenvalue weighted by molar-refractivity contribution is 14.1. The van der Waals surface area contributed by atoms with E-state index in [0.29, 0.717) is 0 Å². The van der Waals surface area contributed by atoms with E-state index in [1.807, 2.05) is 18.2 Å². The molecule has 0 aromatic rings. The van der Waals surface area contributed by atoms with Gasteiger partial charge in [-0.1, -0.05) is 6.58 Å². The van der Waals surface area contributed by atoms with Crippen molar-refractivity contribution >= 4 is 34.6 Å². The Morgan fingerprint density at radius 3 is 2.83 bits per heavy atom. The molecule has 12 heavy (non-hydrogen) atoms. The maximum Gasteiger partial charge on any atom is 0.110 e. The van der Waals surface area contributed by atoms with Crippen molar-refractivity contribution in [3.8, 4) is 0 Å². The van der Waals surface area contributed by atoms with E-state index in [-0.39, 0.29) is 0 Å². The highest BCUT2D eigenvalue weighted by atomic mass is 127. The van der Waals surface area contributed by atoms with E-state index in [4.69, 9.17) is 0 Å². The van der Waals surface area contributed by atoms with Crippen LogP contribution in [0.15, 0.2) is 43.9 Å². The van der Waals surface area contributed by atoms with Crippen molar-refractivity contribution in [2.24, 2.45) is 9.98 Å². The normalized spacial score (nSPS) is 20.7. The van der Waals surface area contributed by atoms with Crippen LogP contribution in [0.5, 0.6) is 0 Å². The molecule has 0 fully saturated rings. The van der Waals surface area contributed by atoms with Gasteiger partial charge in [-0.15, -0.1) is 0 Å². The summed E-state index contributed by atoms with van der Waals surface area (Å²) in [4.78, 5) is 7.88. The van der Waals surface area contributed by atoms with Gasteiger partial charge >= 0.3 is 0 Å². The van der Waals surface area contributed by atoms with Gasteiger partial charge in [0.05, 0.1) is 5.71 Å². The number of hydrogen-bond donors (Lipinski definition) is 0. The summed E-state index contributed by atoms with van der Waals surface area (Å²) in [5, 5.41) is 0. The predicted octanol–water partition coefficient (Wildman–Crippen LogP) is 2.53. The number of rotatable bonds is 1. The second kappa shape index (κ2) is 4.35. The monoisotopic (exact) mass is 272 g/mol. The molecule has 62 valence electrons. The summed E-state index contributed by atoms with van der Waals surface area (Å²) < 4.78 is 1.17. The van der Waals surface area contributed by atoms with Crippen LogP contribution < -0.4 is 0 Å². The highest BCUT2D eigenvalue weighted by Crippen LogP contribution is 2.17. The molecule has 0 radical (unpaired) electrons. The maximum absolute atomic E-state index is 4.11.